The standard InChI is InChI=1S/C17H26N8O7S/c1-19-15(22-31-16(26)21-10-5-3-9(18)4-6-10)14-13-11(7-20-23(13)2)12-8-24(14)17(27)25(12)32-33(28,29)30/h7,9-10,12,14H,3-6,8,18H2,1-2H3,(H,19,22)(H,21,26)(H,28,29,30)/t9?,10?,12-,14-/m0/s1. The topological polar surface area (TPSA) is 194 Å². The van der Waals surface area contributed by atoms with E-state index in [1.54, 1.807) is 7.05 Å². The third-order valence-electron chi connectivity index (χ3n) is 6.05. The van der Waals surface area contributed by atoms with Crippen LogP contribution in [0, 0.1) is 0 Å². The average Bonchev–Trinajstić information content (AvgIpc) is 3.25. The summed E-state index contributed by atoms with van der Waals surface area (Å²) >= 11 is 0. The molecule has 0 aromatic carbocycles. The second-order valence-electron chi connectivity index (χ2n) is 8.15. The molecule has 0 spiro atoms. The van der Waals surface area contributed by atoms with Crippen LogP contribution in [0.1, 0.15) is 49.0 Å². The number of fused-ring (bicyclic) bond motifs is 4. The Bertz CT molecular complexity index is 1070. The summed E-state index contributed by atoms with van der Waals surface area (Å²) in [5.41, 5.74) is 9.41. The zero-order chi connectivity index (χ0) is 23.9. The highest BCUT2D eigenvalue weighted by molar-refractivity contribution is 7.80. The van der Waals surface area contributed by atoms with Crippen molar-refractivity contribution in [2.24, 2.45) is 17.8 Å². The molecule has 3 aliphatic rings. The number of nitrogens with zero attached hydrogens (tertiary/aromatic N) is 5. The molecule has 2 aliphatic heterocycles. The number of hydroxylamine groups is 3. The molecule has 5 N–H and O–H groups in total. The van der Waals surface area contributed by atoms with E-state index < -0.39 is 34.6 Å². The fourth-order valence-corrected chi connectivity index (χ4v) is 4.86. The number of aliphatic imine (C=N–C) groups is 1. The van der Waals surface area contributed by atoms with Gasteiger partial charge in [-0.05, 0) is 25.7 Å². The van der Waals surface area contributed by atoms with E-state index >= 15 is 0 Å². The van der Waals surface area contributed by atoms with Crippen molar-refractivity contribution in [1.82, 2.24) is 30.5 Å². The lowest BCUT2D eigenvalue weighted by Gasteiger charge is -2.32. The summed E-state index contributed by atoms with van der Waals surface area (Å²) in [6, 6.07) is -2.42. The molecule has 15 nitrogen and oxygen atoms in total. The lowest BCUT2D eigenvalue weighted by atomic mass is 9.92. The van der Waals surface area contributed by atoms with E-state index in [1.165, 1.54) is 22.8 Å². The second kappa shape index (κ2) is 8.77. The van der Waals surface area contributed by atoms with Crippen molar-refractivity contribution in [3.05, 3.63) is 17.5 Å². The minimum absolute atomic E-state index is 0.0347. The lowest BCUT2D eigenvalue weighted by molar-refractivity contribution is -0.0316. The maximum Gasteiger partial charge on any atom is 0.431 e. The van der Waals surface area contributed by atoms with Crippen LogP contribution in [0.15, 0.2) is 11.2 Å². The normalized spacial score (nSPS) is 27.4. The highest BCUT2D eigenvalue weighted by Crippen LogP contribution is 2.44. The number of nitrogens with two attached hydrogens (primary N) is 1. The maximum absolute atomic E-state index is 12.9. The molecule has 1 saturated carbocycles. The molecule has 1 aromatic heterocycles. The van der Waals surface area contributed by atoms with Gasteiger partial charge in [-0.2, -0.15) is 18.6 Å². The third-order valence-corrected chi connectivity index (χ3v) is 6.40. The summed E-state index contributed by atoms with van der Waals surface area (Å²) in [4.78, 5) is 35.8. The Labute approximate surface area is 189 Å². The predicted molar refractivity (Wildman–Crippen MR) is 112 cm³/mol. The maximum atomic E-state index is 12.9. The van der Waals surface area contributed by atoms with Crippen LogP contribution in [-0.2, 0) is 26.6 Å². The highest BCUT2D eigenvalue weighted by Gasteiger charge is 2.53. The van der Waals surface area contributed by atoms with Crippen LogP contribution >= 0.6 is 0 Å². The van der Waals surface area contributed by atoms with Crippen molar-refractivity contribution in [1.29, 1.82) is 0 Å². The molecule has 0 radical (unpaired) electrons. The average molecular weight is 487 g/mol. The molecule has 3 heterocycles. The van der Waals surface area contributed by atoms with Crippen molar-refractivity contribution < 1.29 is 31.7 Å². The summed E-state index contributed by atoms with van der Waals surface area (Å²) in [7, 11) is -1.85. The molecular formula is C17H26N8O7S. The Morgan fingerprint density at radius 1 is 1.33 bits per heavy atom. The van der Waals surface area contributed by atoms with Gasteiger partial charge in [0.05, 0.1) is 18.4 Å². The van der Waals surface area contributed by atoms with Crippen LogP contribution in [0.3, 0.4) is 0 Å². The molecule has 1 aliphatic carbocycles. The number of amidine groups is 1. The number of hydrogen-bond donors (Lipinski definition) is 4. The number of nitrogens with one attached hydrogen (secondary N) is 2. The SMILES string of the molecule is CN=C(NOC(=O)NC1CCC(N)CC1)[C@@H]1c2c(cnn2C)[C@@H]2CN1C(=O)N2OS(=O)(=O)O. The van der Waals surface area contributed by atoms with Crippen LogP contribution in [-0.4, -0.2) is 76.4 Å². The van der Waals surface area contributed by atoms with E-state index in [2.05, 4.69) is 25.2 Å². The van der Waals surface area contributed by atoms with E-state index in [0.29, 0.717) is 16.3 Å². The summed E-state index contributed by atoms with van der Waals surface area (Å²) in [6.07, 6.45) is 3.88. The van der Waals surface area contributed by atoms with Gasteiger partial charge in [-0.15, -0.1) is 4.28 Å². The first-order chi connectivity index (χ1) is 15.6. The first kappa shape index (κ1) is 23.2. The minimum atomic E-state index is -4.94. The zero-order valence-electron chi connectivity index (χ0n) is 18.0. The Balaban J connectivity index is 1.51. The van der Waals surface area contributed by atoms with Crippen LogP contribution in [0.2, 0.25) is 0 Å². The van der Waals surface area contributed by atoms with Gasteiger partial charge < -0.3 is 20.8 Å². The van der Waals surface area contributed by atoms with E-state index in [9.17, 15) is 18.0 Å². The molecule has 0 unspecified atom stereocenters. The van der Waals surface area contributed by atoms with Crippen molar-refractivity contribution in [2.45, 2.75) is 49.9 Å². The number of aromatic nitrogens is 2. The zero-order valence-corrected chi connectivity index (χ0v) is 18.9. The van der Waals surface area contributed by atoms with E-state index in [-0.39, 0.29) is 24.5 Å². The highest BCUT2D eigenvalue weighted by atomic mass is 32.3. The van der Waals surface area contributed by atoms with Gasteiger partial charge in [-0.3, -0.25) is 14.2 Å². The van der Waals surface area contributed by atoms with Gasteiger partial charge in [0, 0.05) is 31.7 Å². The molecule has 1 saturated heterocycles. The van der Waals surface area contributed by atoms with Gasteiger partial charge in [0.2, 0.25) is 0 Å². The molecule has 2 atom stereocenters. The van der Waals surface area contributed by atoms with Gasteiger partial charge in [0.15, 0.2) is 5.84 Å². The Morgan fingerprint density at radius 3 is 2.67 bits per heavy atom. The molecule has 182 valence electrons. The summed E-state index contributed by atoms with van der Waals surface area (Å²) in [5.74, 6) is 0.112. The van der Waals surface area contributed by atoms with Crippen molar-refractivity contribution >= 4 is 28.4 Å². The summed E-state index contributed by atoms with van der Waals surface area (Å²) in [5, 5.41) is 7.53. The van der Waals surface area contributed by atoms with Gasteiger partial charge in [-0.1, -0.05) is 0 Å². The van der Waals surface area contributed by atoms with Gasteiger partial charge in [0.25, 0.3) is 0 Å². The molecule has 33 heavy (non-hydrogen) atoms. The Morgan fingerprint density at radius 2 is 2.03 bits per heavy atom. The quantitative estimate of drug-likeness (QED) is 0.187. The van der Waals surface area contributed by atoms with Crippen LogP contribution < -0.4 is 16.5 Å². The summed E-state index contributed by atoms with van der Waals surface area (Å²) < 4.78 is 37.6. The van der Waals surface area contributed by atoms with Crippen LogP contribution in [0.4, 0.5) is 9.59 Å². The van der Waals surface area contributed by atoms with Crippen molar-refractivity contribution in [3.63, 3.8) is 0 Å². The number of rotatable bonds is 4. The minimum Gasteiger partial charge on any atom is -0.328 e. The monoisotopic (exact) mass is 486 g/mol. The predicted octanol–water partition coefficient (Wildman–Crippen LogP) is -0.483. The second-order valence-corrected chi connectivity index (χ2v) is 9.15. The number of urea groups is 1. The number of carbonyl (C=O) groups excluding carboxylic acids is 2. The number of aryl methyl sites for hydroxylation is 1. The first-order valence-electron chi connectivity index (χ1n) is 10.3. The van der Waals surface area contributed by atoms with Gasteiger partial charge >= 0.3 is 22.5 Å². The lowest BCUT2D eigenvalue weighted by Crippen LogP contribution is -2.47. The molecule has 2 fully saturated rings. The molecule has 3 amide bonds. The smallest absolute Gasteiger partial charge is 0.328 e. The van der Waals surface area contributed by atoms with E-state index in [4.69, 9.17) is 15.1 Å². The van der Waals surface area contributed by atoms with E-state index in [1.807, 2.05) is 0 Å². The number of amides is 3. The molecule has 16 heteroatoms. The van der Waals surface area contributed by atoms with Gasteiger partial charge in [0.1, 0.15) is 12.1 Å². The largest absolute Gasteiger partial charge is 0.431 e. The van der Waals surface area contributed by atoms with Crippen molar-refractivity contribution in [2.75, 3.05) is 13.6 Å². The number of carbonyl (C=O) groups is 2. The fraction of sp³-hybridized carbons (Fsp3) is 0.647. The number of hydrogen-bond acceptors (Lipinski definition) is 9. The summed E-state index contributed by atoms with van der Waals surface area (Å²) in [6.45, 7) is 0.0347. The fourth-order valence-electron chi connectivity index (χ4n) is 4.49. The van der Waals surface area contributed by atoms with Crippen LogP contribution in [0.5, 0.6) is 0 Å². The first-order valence-corrected chi connectivity index (χ1v) is 11.7. The molecule has 1 aromatic rings. The van der Waals surface area contributed by atoms with E-state index in [0.717, 1.165) is 25.7 Å². The van der Waals surface area contributed by atoms with Gasteiger partial charge in [-0.25, -0.2) is 15.1 Å². The molecular weight excluding hydrogens is 460 g/mol. The molecule has 4 rings (SSSR count). The molecule has 2 bridgehead atoms. The third kappa shape index (κ3) is 4.59. The Hall–Kier alpha value is -2.95. The van der Waals surface area contributed by atoms with Crippen LogP contribution in [0.25, 0.3) is 0 Å². The Kier molecular flexibility index (Phi) is 6.17. The van der Waals surface area contributed by atoms with Crippen molar-refractivity contribution in [3.8, 4) is 0 Å².